The van der Waals surface area contributed by atoms with E-state index >= 15 is 0 Å². The van der Waals surface area contributed by atoms with Gasteiger partial charge in [-0.15, -0.1) is 0 Å². The first-order valence-electron chi connectivity index (χ1n) is 7.54. The van der Waals surface area contributed by atoms with Crippen molar-refractivity contribution in [3.63, 3.8) is 0 Å². The minimum absolute atomic E-state index is 0.0816. The van der Waals surface area contributed by atoms with Gasteiger partial charge in [0.05, 0.1) is 16.6 Å². The number of benzene rings is 1. The van der Waals surface area contributed by atoms with Gasteiger partial charge in [-0.25, -0.2) is 0 Å². The van der Waals surface area contributed by atoms with Crippen molar-refractivity contribution in [3.8, 4) is 5.75 Å². The number of nitrogens with two attached hydrogens (primary N) is 1. The minimum atomic E-state index is -0.152. The van der Waals surface area contributed by atoms with Gasteiger partial charge in [0, 0.05) is 13.0 Å². The molecule has 0 saturated heterocycles. The highest BCUT2D eigenvalue weighted by atomic mass is 79.9. The molecule has 0 atom stereocenters. The summed E-state index contributed by atoms with van der Waals surface area (Å²) in [4.78, 5) is 12.0. The maximum atomic E-state index is 12.0. The summed E-state index contributed by atoms with van der Waals surface area (Å²) in [6, 6.07) is 7.72. The van der Waals surface area contributed by atoms with Crippen LogP contribution < -0.4 is 15.8 Å². The summed E-state index contributed by atoms with van der Waals surface area (Å²) in [6.07, 6.45) is 5.50. The number of carbonyl (C=O) groups excluding carboxylic acids is 1. The predicted octanol–water partition coefficient (Wildman–Crippen LogP) is 3.00. The molecule has 0 heterocycles. The van der Waals surface area contributed by atoms with Gasteiger partial charge in [-0.05, 0) is 47.3 Å². The molecule has 4 nitrogen and oxygen atoms in total. The van der Waals surface area contributed by atoms with Crippen LogP contribution in [0.15, 0.2) is 28.7 Å². The maximum Gasteiger partial charge on any atom is 0.220 e. The number of para-hydroxylation sites is 1. The van der Waals surface area contributed by atoms with Crippen LogP contribution in [0.1, 0.15) is 38.5 Å². The van der Waals surface area contributed by atoms with E-state index in [0.717, 1.165) is 35.9 Å². The van der Waals surface area contributed by atoms with Gasteiger partial charge in [0.15, 0.2) is 0 Å². The third-order valence-electron chi connectivity index (χ3n) is 4.00. The quantitative estimate of drug-likeness (QED) is 0.739. The standard InChI is InChI=1S/C16H23BrN2O2/c17-13-6-1-2-7-14(13)21-11-5-8-15(20)19-16(12-18)9-3-4-10-16/h1-2,6-7H,3-5,8-12,18H2,(H,19,20). The van der Waals surface area contributed by atoms with Crippen molar-refractivity contribution in [3.05, 3.63) is 28.7 Å². The molecule has 1 fully saturated rings. The summed E-state index contributed by atoms with van der Waals surface area (Å²) in [5, 5.41) is 3.12. The summed E-state index contributed by atoms with van der Waals surface area (Å²) in [6.45, 7) is 1.07. The van der Waals surface area contributed by atoms with Crippen molar-refractivity contribution in [2.75, 3.05) is 13.2 Å². The summed E-state index contributed by atoms with van der Waals surface area (Å²) >= 11 is 3.43. The molecule has 0 aliphatic heterocycles. The zero-order valence-electron chi connectivity index (χ0n) is 12.2. The number of carbonyl (C=O) groups is 1. The lowest BCUT2D eigenvalue weighted by molar-refractivity contribution is -0.123. The van der Waals surface area contributed by atoms with E-state index in [0.29, 0.717) is 26.0 Å². The molecule has 0 radical (unpaired) electrons. The highest BCUT2D eigenvalue weighted by molar-refractivity contribution is 9.10. The zero-order chi connectivity index (χ0) is 15.1. The van der Waals surface area contributed by atoms with Crippen molar-refractivity contribution in [1.29, 1.82) is 0 Å². The molecular weight excluding hydrogens is 332 g/mol. The Morgan fingerprint density at radius 1 is 1.33 bits per heavy atom. The summed E-state index contributed by atoms with van der Waals surface area (Å²) in [5.41, 5.74) is 5.67. The molecule has 1 amide bonds. The SMILES string of the molecule is NCC1(NC(=O)CCCOc2ccccc2Br)CCCC1. The van der Waals surface area contributed by atoms with E-state index in [-0.39, 0.29) is 11.4 Å². The van der Waals surface area contributed by atoms with Gasteiger partial charge in [0.2, 0.25) is 5.91 Å². The van der Waals surface area contributed by atoms with E-state index in [1.807, 2.05) is 24.3 Å². The molecule has 0 spiro atoms. The van der Waals surface area contributed by atoms with Crippen LogP contribution in [0.2, 0.25) is 0 Å². The monoisotopic (exact) mass is 354 g/mol. The maximum absolute atomic E-state index is 12.0. The number of hydrogen-bond donors (Lipinski definition) is 2. The fourth-order valence-corrected chi connectivity index (χ4v) is 3.17. The Morgan fingerprint density at radius 3 is 2.71 bits per heavy atom. The lowest BCUT2D eigenvalue weighted by Gasteiger charge is -2.28. The molecule has 0 aromatic heterocycles. The molecular formula is C16H23BrN2O2. The van der Waals surface area contributed by atoms with Crippen molar-refractivity contribution in [2.45, 2.75) is 44.1 Å². The average Bonchev–Trinajstić information content (AvgIpc) is 2.94. The second kappa shape index (κ2) is 7.80. The Morgan fingerprint density at radius 2 is 2.05 bits per heavy atom. The van der Waals surface area contributed by atoms with Crippen LogP contribution in [0.25, 0.3) is 0 Å². The van der Waals surface area contributed by atoms with E-state index in [2.05, 4.69) is 21.2 Å². The summed E-state index contributed by atoms with van der Waals surface area (Å²) < 4.78 is 6.59. The summed E-state index contributed by atoms with van der Waals surface area (Å²) in [5.74, 6) is 0.894. The minimum Gasteiger partial charge on any atom is -0.492 e. The van der Waals surface area contributed by atoms with Gasteiger partial charge in [-0.2, -0.15) is 0 Å². The first-order chi connectivity index (χ1) is 10.2. The largest absolute Gasteiger partial charge is 0.492 e. The number of ether oxygens (including phenoxy) is 1. The van der Waals surface area contributed by atoms with Crippen LogP contribution >= 0.6 is 15.9 Å². The highest BCUT2D eigenvalue weighted by Crippen LogP contribution is 2.28. The zero-order valence-corrected chi connectivity index (χ0v) is 13.8. The summed E-state index contributed by atoms with van der Waals surface area (Å²) in [7, 11) is 0. The molecule has 116 valence electrons. The van der Waals surface area contributed by atoms with Crippen LogP contribution in [0.5, 0.6) is 5.75 Å². The Balaban J connectivity index is 1.69. The predicted molar refractivity (Wildman–Crippen MR) is 87.3 cm³/mol. The third kappa shape index (κ3) is 4.71. The van der Waals surface area contributed by atoms with Gasteiger partial charge >= 0.3 is 0 Å². The van der Waals surface area contributed by atoms with Crippen LogP contribution in [0, 0.1) is 0 Å². The number of nitrogens with one attached hydrogen (secondary N) is 1. The van der Waals surface area contributed by atoms with Gasteiger partial charge in [0.25, 0.3) is 0 Å². The number of amides is 1. The third-order valence-corrected chi connectivity index (χ3v) is 4.65. The van der Waals surface area contributed by atoms with Crippen molar-refractivity contribution in [1.82, 2.24) is 5.32 Å². The van der Waals surface area contributed by atoms with Gasteiger partial charge in [0.1, 0.15) is 5.75 Å². The van der Waals surface area contributed by atoms with Gasteiger partial charge in [-0.1, -0.05) is 25.0 Å². The van der Waals surface area contributed by atoms with Crippen LogP contribution in [0.4, 0.5) is 0 Å². The van der Waals surface area contributed by atoms with Crippen molar-refractivity contribution < 1.29 is 9.53 Å². The Hall–Kier alpha value is -1.07. The van der Waals surface area contributed by atoms with Gasteiger partial charge < -0.3 is 15.8 Å². The van der Waals surface area contributed by atoms with Crippen LogP contribution in [-0.2, 0) is 4.79 Å². The van der Waals surface area contributed by atoms with Crippen LogP contribution in [-0.4, -0.2) is 24.6 Å². The van der Waals surface area contributed by atoms with Crippen molar-refractivity contribution >= 4 is 21.8 Å². The fraction of sp³-hybridized carbons (Fsp3) is 0.562. The lowest BCUT2D eigenvalue weighted by Crippen LogP contribution is -2.51. The first-order valence-corrected chi connectivity index (χ1v) is 8.33. The fourth-order valence-electron chi connectivity index (χ4n) is 2.77. The van der Waals surface area contributed by atoms with E-state index in [1.165, 1.54) is 0 Å². The smallest absolute Gasteiger partial charge is 0.220 e. The molecule has 1 aromatic rings. The molecule has 21 heavy (non-hydrogen) atoms. The Kier molecular flexibility index (Phi) is 6.06. The lowest BCUT2D eigenvalue weighted by atomic mass is 9.97. The topological polar surface area (TPSA) is 64.3 Å². The second-order valence-corrected chi connectivity index (χ2v) is 6.48. The normalized spacial score (nSPS) is 16.7. The first kappa shape index (κ1) is 16.3. The second-order valence-electron chi connectivity index (χ2n) is 5.62. The Bertz CT molecular complexity index is 473. The van der Waals surface area contributed by atoms with E-state index < -0.39 is 0 Å². The number of halogens is 1. The molecule has 1 aromatic carbocycles. The molecule has 0 bridgehead atoms. The van der Waals surface area contributed by atoms with Crippen molar-refractivity contribution in [2.24, 2.45) is 5.73 Å². The molecule has 1 saturated carbocycles. The van der Waals surface area contributed by atoms with E-state index in [9.17, 15) is 4.79 Å². The molecule has 2 rings (SSSR count). The molecule has 0 unspecified atom stereocenters. The molecule has 1 aliphatic rings. The van der Waals surface area contributed by atoms with E-state index in [4.69, 9.17) is 10.5 Å². The van der Waals surface area contributed by atoms with Gasteiger partial charge in [-0.3, -0.25) is 4.79 Å². The molecule has 5 heteroatoms. The van der Waals surface area contributed by atoms with Crippen LogP contribution in [0.3, 0.4) is 0 Å². The molecule has 3 N–H and O–H groups in total. The average molecular weight is 355 g/mol. The number of rotatable bonds is 7. The Labute approximate surface area is 134 Å². The number of hydrogen-bond acceptors (Lipinski definition) is 3. The van der Waals surface area contributed by atoms with E-state index in [1.54, 1.807) is 0 Å². The molecule has 1 aliphatic carbocycles. The highest BCUT2D eigenvalue weighted by Gasteiger charge is 2.33.